The van der Waals surface area contributed by atoms with Crippen molar-refractivity contribution in [3.8, 4) is 0 Å². The number of likely N-dealkylation sites (tertiary alicyclic amines) is 1. The number of H-pyrrole nitrogens is 1. The van der Waals surface area contributed by atoms with E-state index < -0.39 is 0 Å². The Morgan fingerprint density at radius 1 is 1.11 bits per heavy atom. The number of fused-ring (bicyclic) bond motifs is 2. The van der Waals surface area contributed by atoms with Gasteiger partial charge >= 0.3 is 0 Å². The first-order chi connectivity index (χ1) is 13.3. The zero-order chi connectivity index (χ0) is 18.2. The number of nitrogens with one attached hydrogen (secondary N) is 2. The minimum Gasteiger partial charge on any atom is -0.342 e. The van der Waals surface area contributed by atoms with E-state index in [0.717, 1.165) is 48.5 Å². The molecule has 1 fully saturated rings. The summed E-state index contributed by atoms with van der Waals surface area (Å²) in [5.41, 5.74) is 6.35. The van der Waals surface area contributed by atoms with Crippen molar-refractivity contribution in [3.05, 3.63) is 46.5 Å². The number of carbonyl (C=O) groups excluding carboxylic acids is 1. The number of aromatic amines is 1. The van der Waals surface area contributed by atoms with Gasteiger partial charge in [0.15, 0.2) is 0 Å². The van der Waals surface area contributed by atoms with Crippen LogP contribution in [0.15, 0.2) is 18.2 Å². The summed E-state index contributed by atoms with van der Waals surface area (Å²) in [6.07, 6.45) is 10.1. The van der Waals surface area contributed by atoms with E-state index in [-0.39, 0.29) is 5.91 Å². The second kappa shape index (κ2) is 6.97. The molecule has 5 heteroatoms. The number of nitrogens with zero attached hydrogens (tertiary/aromatic N) is 2. The van der Waals surface area contributed by atoms with Crippen LogP contribution in [0.5, 0.6) is 0 Å². The van der Waals surface area contributed by atoms with Gasteiger partial charge in [0.2, 0.25) is 0 Å². The van der Waals surface area contributed by atoms with Crippen molar-refractivity contribution in [2.45, 2.75) is 44.9 Å². The fourth-order valence-electron chi connectivity index (χ4n) is 4.51. The molecule has 2 aromatic rings. The molecule has 3 aliphatic rings. The lowest BCUT2D eigenvalue weighted by atomic mass is 10.0. The summed E-state index contributed by atoms with van der Waals surface area (Å²) in [6, 6.07) is 6.36. The maximum atomic E-state index is 12.5. The van der Waals surface area contributed by atoms with Crippen LogP contribution < -0.4 is 5.32 Å². The monoisotopic (exact) mass is 362 g/mol. The Balaban J connectivity index is 1.40. The number of benzene rings is 1. The molecule has 1 aliphatic carbocycles. The van der Waals surface area contributed by atoms with Gasteiger partial charge in [0.05, 0.1) is 11.3 Å². The van der Waals surface area contributed by atoms with E-state index in [1.54, 1.807) is 0 Å². The number of aryl methyl sites for hydroxylation is 2. The van der Waals surface area contributed by atoms with E-state index in [1.807, 2.05) is 12.1 Å². The third-order valence-electron chi connectivity index (χ3n) is 6.04. The molecule has 0 atom stereocenters. The summed E-state index contributed by atoms with van der Waals surface area (Å²) in [6.45, 7) is 3.54. The minimum atomic E-state index is -0.0314. The first kappa shape index (κ1) is 16.8. The average molecular weight is 362 g/mol. The molecule has 3 heterocycles. The molecular formula is C22H26N4O. The van der Waals surface area contributed by atoms with E-state index in [9.17, 15) is 4.79 Å². The lowest BCUT2D eigenvalue weighted by Gasteiger charge is -2.14. The SMILES string of the molecule is O=C1Nc2ccc(CCN3CCCC3)cc2C1=Cc1nc2c([nH]1)CCCC2. The third kappa shape index (κ3) is 3.32. The molecule has 140 valence electrons. The summed E-state index contributed by atoms with van der Waals surface area (Å²) in [5, 5.41) is 2.99. The predicted octanol–water partition coefficient (Wildman–Crippen LogP) is 3.42. The zero-order valence-electron chi connectivity index (χ0n) is 15.7. The Labute approximate surface area is 159 Å². The van der Waals surface area contributed by atoms with Crippen molar-refractivity contribution in [2.75, 3.05) is 25.0 Å². The van der Waals surface area contributed by atoms with E-state index in [0.29, 0.717) is 0 Å². The number of hydrogen-bond donors (Lipinski definition) is 2. The van der Waals surface area contributed by atoms with Gasteiger partial charge in [-0.25, -0.2) is 4.98 Å². The van der Waals surface area contributed by atoms with Crippen LogP contribution in [0, 0.1) is 0 Å². The average Bonchev–Trinajstić information content (AvgIpc) is 3.39. The second-order valence-corrected chi connectivity index (χ2v) is 7.95. The number of amides is 1. The first-order valence-corrected chi connectivity index (χ1v) is 10.2. The summed E-state index contributed by atoms with van der Waals surface area (Å²) in [7, 11) is 0. The molecule has 0 saturated carbocycles. The van der Waals surface area contributed by atoms with Gasteiger partial charge < -0.3 is 15.2 Å². The smallest absolute Gasteiger partial charge is 0.256 e. The molecule has 1 aromatic heterocycles. The van der Waals surface area contributed by atoms with Crippen LogP contribution in [0.1, 0.15) is 54.0 Å². The molecular weight excluding hydrogens is 336 g/mol. The van der Waals surface area contributed by atoms with Gasteiger partial charge in [0.1, 0.15) is 5.82 Å². The van der Waals surface area contributed by atoms with E-state index in [2.05, 4.69) is 27.3 Å². The van der Waals surface area contributed by atoms with Crippen LogP contribution in [0.2, 0.25) is 0 Å². The molecule has 0 spiro atoms. The lowest BCUT2D eigenvalue weighted by Crippen LogP contribution is -2.21. The number of anilines is 1. The van der Waals surface area contributed by atoms with Crippen LogP contribution in [0.3, 0.4) is 0 Å². The number of imidazole rings is 1. The Kier molecular flexibility index (Phi) is 4.32. The highest BCUT2D eigenvalue weighted by Crippen LogP contribution is 2.34. The maximum Gasteiger partial charge on any atom is 0.256 e. The Bertz CT molecular complexity index is 882. The molecule has 1 amide bonds. The van der Waals surface area contributed by atoms with Gasteiger partial charge in [-0.15, -0.1) is 0 Å². The number of aromatic nitrogens is 2. The fraction of sp³-hybridized carbons (Fsp3) is 0.455. The summed E-state index contributed by atoms with van der Waals surface area (Å²) in [5.74, 6) is 0.776. The van der Waals surface area contributed by atoms with Crippen molar-refractivity contribution in [3.63, 3.8) is 0 Å². The van der Waals surface area contributed by atoms with Crippen LogP contribution in [0.25, 0.3) is 11.6 Å². The molecule has 1 aromatic carbocycles. The quantitative estimate of drug-likeness (QED) is 0.820. The van der Waals surface area contributed by atoms with Gasteiger partial charge in [-0.2, -0.15) is 0 Å². The largest absolute Gasteiger partial charge is 0.342 e. The third-order valence-corrected chi connectivity index (χ3v) is 6.04. The molecule has 5 rings (SSSR count). The topological polar surface area (TPSA) is 61.0 Å². The normalized spacial score (nSPS) is 20.7. The summed E-state index contributed by atoms with van der Waals surface area (Å²) < 4.78 is 0. The Morgan fingerprint density at radius 3 is 2.81 bits per heavy atom. The van der Waals surface area contributed by atoms with Crippen LogP contribution in [-0.2, 0) is 24.1 Å². The van der Waals surface area contributed by atoms with E-state index in [4.69, 9.17) is 4.98 Å². The number of rotatable bonds is 4. The Morgan fingerprint density at radius 2 is 1.96 bits per heavy atom. The van der Waals surface area contributed by atoms with Crippen LogP contribution in [0.4, 0.5) is 5.69 Å². The molecule has 2 N–H and O–H groups in total. The van der Waals surface area contributed by atoms with Crippen LogP contribution >= 0.6 is 0 Å². The van der Waals surface area contributed by atoms with E-state index in [1.165, 1.54) is 55.7 Å². The van der Waals surface area contributed by atoms with Crippen molar-refractivity contribution < 1.29 is 4.79 Å². The highest BCUT2D eigenvalue weighted by molar-refractivity contribution is 6.34. The zero-order valence-corrected chi connectivity index (χ0v) is 15.7. The van der Waals surface area contributed by atoms with Gasteiger partial charge in [-0.1, -0.05) is 6.07 Å². The van der Waals surface area contributed by atoms with Crippen molar-refractivity contribution in [1.29, 1.82) is 0 Å². The Hall–Kier alpha value is -2.40. The van der Waals surface area contributed by atoms with Gasteiger partial charge in [-0.3, -0.25) is 4.79 Å². The highest BCUT2D eigenvalue weighted by atomic mass is 16.2. The standard InChI is InChI=1S/C22H26N4O/c27-22-17(14-21-23-19-5-1-2-6-20(19)24-21)16-13-15(7-8-18(16)25-22)9-12-26-10-3-4-11-26/h7-8,13-14H,1-6,9-12H2,(H,23,24)(H,25,27). The van der Waals surface area contributed by atoms with Gasteiger partial charge in [0, 0.05) is 23.5 Å². The second-order valence-electron chi connectivity index (χ2n) is 7.95. The number of hydrogen-bond acceptors (Lipinski definition) is 3. The van der Waals surface area contributed by atoms with Gasteiger partial charge in [0.25, 0.3) is 5.91 Å². The molecule has 1 saturated heterocycles. The number of carbonyl (C=O) groups is 1. The molecule has 27 heavy (non-hydrogen) atoms. The van der Waals surface area contributed by atoms with Crippen molar-refractivity contribution >= 4 is 23.2 Å². The van der Waals surface area contributed by atoms with Crippen molar-refractivity contribution in [2.24, 2.45) is 0 Å². The van der Waals surface area contributed by atoms with Crippen LogP contribution in [-0.4, -0.2) is 40.4 Å². The highest BCUT2D eigenvalue weighted by Gasteiger charge is 2.25. The predicted molar refractivity (Wildman–Crippen MR) is 108 cm³/mol. The molecule has 5 nitrogen and oxygen atoms in total. The summed E-state index contributed by atoms with van der Waals surface area (Å²) >= 11 is 0. The summed E-state index contributed by atoms with van der Waals surface area (Å²) in [4.78, 5) is 23.2. The van der Waals surface area contributed by atoms with Crippen molar-refractivity contribution in [1.82, 2.24) is 14.9 Å². The molecule has 0 unspecified atom stereocenters. The first-order valence-electron chi connectivity index (χ1n) is 10.2. The van der Waals surface area contributed by atoms with Gasteiger partial charge in [-0.05, 0) is 81.8 Å². The maximum absolute atomic E-state index is 12.5. The van der Waals surface area contributed by atoms with E-state index >= 15 is 0 Å². The molecule has 0 radical (unpaired) electrons. The molecule has 2 aliphatic heterocycles. The minimum absolute atomic E-state index is 0.0314. The fourth-order valence-corrected chi connectivity index (χ4v) is 4.51. The molecule has 0 bridgehead atoms. The lowest BCUT2D eigenvalue weighted by molar-refractivity contribution is -0.110.